The van der Waals surface area contributed by atoms with Gasteiger partial charge in [0, 0.05) is 17.8 Å². The van der Waals surface area contributed by atoms with Crippen LogP contribution in [0.25, 0.3) is 0 Å². The van der Waals surface area contributed by atoms with Crippen LogP contribution in [0.5, 0.6) is 0 Å². The van der Waals surface area contributed by atoms with Gasteiger partial charge in [-0.25, -0.2) is 0 Å². The molecule has 0 aliphatic carbocycles. The summed E-state index contributed by atoms with van der Waals surface area (Å²) in [4.78, 5) is 23.6. The molecule has 0 saturated heterocycles. The number of nitrogens with zero attached hydrogens (tertiary/aromatic N) is 1. The van der Waals surface area contributed by atoms with Crippen molar-refractivity contribution in [1.82, 2.24) is 5.32 Å². The number of rotatable bonds is 5. The van der Waals surface area contributed by atoms with E-state index in [9.17, 15) is 9.59 Å². The Morgan fingerprint density at radius 1 is 1.00 bits per heavy atom. The molecule has 2 aromatic rings. The maximum absolute atomic E-state index is 12.3. The fourth-order valence-corrected chi connectivity index (χ4v) is 2.37. The molecule has 0 aliphatic rings. The van der Waals surface area contributed by atoms with E-state index >= 15 is 0 Å². The first-order chi connectivity index (χ1) is 12.3. The summed E-state index contributed by atoms with van der Waals surface area (Å²) < 4.78 is 0. The fourth-order valence-electron chi connectivity index (χ4n) is 2.37. The molecule has 2 aromatic carbocycles. The Morgan fingerprint density at radius 3 is 2.15 bits per heavy atom. The van der Waals surface area contributed by atoms with Crippen molar-refractivity contribution in [3.05, 3.63) is 65.2 Å². The maximum atomic E-state index is 12.3. The minimum absolute atomic E-state index is 0.0491. The van der Waals surface area contributed by atoms with Gasteiger partial charge in [0.15, 0.2) is 0 Å². The van der Waals surface area contributed by atoms with Gasteiger partial charge in [-0.2, -0.15) is 5.26 Å². The van der Waals surface area contributed by atoms with Crippen molar-refractivity contribution < 1.29 is 9.59 Å². The molecule has 5 nitrogen and oxygen atoms in total. The lowest BCUT2D eigenvalue weighted by molar-refractivity contribution is -0.120. The van der Waals surface area contributed by atoms with E-state index in [-0.39, 0.29) is 23.7 Å². The van der Waals surface area contributed by atoms with Crippen molar-refractivity contribution in [3.8, 4) is 6.07 Å². The van der Waals surface area contributed by atoms with Gasteiger partial charge in [-0.1, -0.05) is 45.0 Å². The molecule has 134 valence electrons. The molecule has 0 fully saturated rings. The molecule has 5 heteroatoms. The van der Waals surface area contributed by atoms with E-state index in [0.717, 1.165) is 5.56 Å². The van der Waals surface area contributed by atoms with Gasteiger partial charge in [-0.3, -0.25) is 9.59 Å². The van der Waals surface area contributed by atoms with E-state index in [2.05, 4.69) is 31.4 Å². The van der Waals surface area contributed by atoms with Gasteiger partial charge in [0.05, 0.1) is 6.07 Å². The van der Waals surface area contributed by atoms with Gasteiger partial charge < -0.3 is 10.6 Å². The molecule has 0 unspecified atom stereocenters. The Bertz CT molecular complexity index is 810. The van der Waals surface area contributed by atoms with Gasteiger partial charge in [-0.15, -0.1) is 0 Å². The molecule has 0 saturated carbocycles. The number of amides is 2. The third-order valence-electron chi connectivity index (χ3n) is 3.95. The Kier molecular flexibility index (Phi) is 6.13. The highest BCUT2D eigenvalue weighted by Crippen LogP contribution is 2.22. The SMILES string of the molecule is CC(C)(C)c1ccc(C(=O)Nc2ccc(CNC(=O)CC#N)cc2)cc1. The van der Waals surface area contributed by atoms with Crippen molar-refractivity contribution in [2.45, 2.75) is 39.2 Å². The van der Waals surface area contributed by atoms with E-state index in [4.69, 9.17) is 5.26 Å². The molecule has 0 heterocycles. The number of nitrogens with one attached hydrogen (secondary N) is 2. The molecule has 0 spiro atoms. The van der Waals surface area contributed by atoms with E-state index in [1.807, 2.05) is 36.4 Å². The highest BCUT2D eigenvalue weighted by molar-refractivity contribution is 6.04. The average molecular weight is 349 g/mol. The number of carbonyl (C=O) groups excluding carboxylic acids is 2. The summed E-state index contributed by atoms with van der Waals surface area (Å²) in [5.41, 5.74) is 3.40. The zero-order valence-electron chi connectivity index (χ0n) is 15.3. The summed E-state index contributed by atoms with van der Waals surface area (Å²) in [7, 11) is 0. The summed E-state index contributed by atoms with van der Waals surface area (Å²) in [5.74, 6) is -0.468. The van der Waals surface area contributed by atoms with Crippen molar-refractivity contribution in [2.24, 2.45) is 0 Å². The highest BCUT2D eigenvalue weighted by atomic mass is 16.2. The first-order valence-corrected chi connectivity index (χ1v) is 8.44. The Balaban J connectivity index is 1.95. The van der Waals surface area contributed by atoms with Crippen molar-refractivity contribution in [1.29, 1.82) is 5.26 Å². The second-order valence-corrected chi connectivity index (χ2v) is 7.09. The minimum atomic E-state index is -0.302. The number of benzene rings is 2. The second kappa shape index (κ2) is 8.30. The van der Waals surface area contributed by atoms with Crippen LogP contribution < -0.4 is 10.6 Å². The smallest absolute Gasteiger partial charge is 0.255 e. The van der Waals surface area contributed by atoms with E-state index in [1.165, 1.54) is 5.56 Å². The number of anilines is 1. The van der Waals surface area contributed by atoms with E-state index < -0.39 is 0 Å². The van der Waals surface area contributed by atoms with Crippen molar-refractivity contribution in [3.63, 3.8) is 0 Å². The predicted molar refractivity (Wildman–Crippen MR) is 102 cm³/mol. The quantitative estimate of drug-likeness (QED) is 0.862. The highest BCUT2D eigenvalue weighted by Gasteiger charge is 2.14. The van der Waals surface area contributed by atoms with Gasteiger partial charge in [-0.05, 0) is 40.8 Å². The van der Waals surface area contributed by atoms with Crippen LogP contribution in [0.1, 0.15) is 48.7 Å². The van der Waals surface area contributed by atoms with Gasteiger partial charge in [0.1, 0.15) is 6.42 Å². The standard InChI is InChI=1S/C21H23N3O2/c1-21(2,3)17-8-6-16(7-9-17)20(26)24-18-10-4-15(5-11-18)14-23-19(25)12-13-22/h4-11H,12,14H2,1-3H3,(H,23,25)(H,24,26). The van der Waals surface area contributed by atoms with E-state index in [1.54, 1.807) is 18.2 Å². The largest absolute Gasteiger partial charge is 0.351 e. The third-order valence-corrected chi connectivity index (χ3v) is 3.95. The number of nitriles is 1. The molecule has 0 aromatic heterocycles. The maximum Gasteiger partial charge on any atom is 0.255 e. The van der Waals surface area contributed by atoms with Crippen LogP contribution in [0.4, 0.5) is 5.69 Å². The topological polar surface area (TPSA) is 82.0 Å². The summed E-state index contributed by atoms with van der Waals surface area (Å²) in [5, 5.41) is 14.0. The van der Waals surface area contributed by atoms with Crippen molar-refractivity contribution >= 4 is 17.5 Å². The molecular weight excluding hydrogens is 326 g/mol. The van der Waals surface area contributed by atoms with Gasteiger partial charge in [0.2, 0.25) is 5.91 Å². The van der Waals surface area contributed by atoms with Crippen LogP contribution >= 0.6 is 0 Å². The van der Waals surface area contributed by atoms with Crippen LogP contribution in [0.3, 0.4) is 0 Å². The predicted octanol–water partition coefficient (Wildman–Crippen LogP) is 3.77. The molecule has 26 heavy (non-hydrogen) atoms. The molecule has 2 N–H and O–H groups in total. The summed E-state index contributed by atoms with van der Waals surface area (Å²) in [6.45, 7) is 6.74. The first-order valence-electron chi connectivity index (χ1n) is 8.44. The minimum Gasteiger partial charge on any atom is -0.351 e. The van der Waals surface area contributed by atoms with Crippen LogP contribution in [0.2, 0.25) is 0 Å². The Morgan fingerprint density at radius 2 is 1.62 bits per heavy atom. The Labute approximate surface area is 154 Å². The molecule has 0 atom stereocenters. The molecule has 2 amide bonds. The average Bonchev–Trinajstić information content (AvgIpc) is 2.61. The lowest BCUT2D eigenvalue weighted by Gasteiger charge is -2.19. The molecular formula is C21H23N3O2. The van der Waals surface area contributed by atoms with Crippen LogP contribution in [-0.2, 0) is 16.8 Å². The van der Waals surface area contributed by atoms with Crippen LogP contribution in [-0.4, -0.2) is 11.8 Å². The summed E-state index contributed by atoms with van der Waals surface area (Å²) in [6.07, 6.45) is -0.151. The normalized spacial score (nSPS) is 10.7. The van der Waals surface area contributed by atoms with E-state index in [0.29, 0.717) is 17.8 Å². The van der Waals surface area contributed by atoms with Crippen molar-refractivity contribution in [2.75, 3.05) is 5.32 Å². The van der Waals surface area contributed by atoms with Crippen LogP contribution in [0, 0.1) is 11.3 Å². The molecule has 2 rings (SSSR count). The fraction of sp³-hybridized carbons (Fsp3) is 0.286. The number of hydrogen-bond acceptors (Lipinski definition) is 3. The lowest BCUT2D eigenvalue weighted by atomic mass is 9.87. The molecule has 0 bridgehead atoms. The second-order valence-electron chi connectivity index (χ2n) is 7.09. The first kappa shape index (κ1) is 19.2. The monoisotopic (exact) mass is 349 g/mol. The summed E-state index contributed by atoms with van der Waals surface area (Å²) in [6, 6.07) is 16.6. The van der Waals surface area contributed by atoms with Gasteiger partial charge >= 0.3 is 0 Å². The Hall–Kier alpha value is -3.13. The zero-order chi connectivity index (χ0) is 19.2. The lowest BCUT2D eigenvalue weighted by Crippen LogP contribution is -2.21. The molecule has 0 aliphatic heterocycles. The molecule has 0 radical (unpaired) electrons. The van der Waals surface area contributed by atoms with Gasteiger partial charge in [0.25, 0.3) is 5.91 Å². The summed E-state index contributed by atoms with van der Waals surface area (Å²) >= 11 is 0. The van der Waals surface area contributed by atoms with Crippen LogP contribution in [0.15, 0.2) is 48.5 Å². The third kappa shape index (κ3) is 5.45. The number of carbonyl (C=O) groups is 2. The zero-order valence-corrected chi connectivity index (χ0v) is 15.3. The number of hydrogen-bond donors (Lipinski definition) is 2.